The zero-order valence-electron chi connectivity index (χ0n) is 18.9. The highest BCUT2D eigenvalue weighted by Crippen LogP contribution is 2.28. The van der Waals surface area contributed by atoms with Gasteiger partial charge < -0.3 is 4.74 Å². The highest BCUT2D eigenvalue weighted by Gasteiger charge is 2.27. The first-order chi connectivity index (χ1) is 17.2. The van der Waals surface area contributed by atoms with Crippen LogP contribution < -0.4 is 5.32 Å². The number of nitrogens with one attached hydrogen (secondary N) is 1. The SMILES string of the molecule is O=C(COC(=O)Cc1ccc(S(=O)(=O)N2CCCCC2)s1)Nc1nc(-c2cccc([N+](=O)[O-])c2)cs1. The molecular weight excluding hydrogens is 528 g/mol. The van der Waals surface area contributed by atoms with Crippen LogP contribution in [-0.4, -0.2) is 54.2 Å². The molecule has 0 radical (unpaired) electrons. The van der Waals surface area contributed by atoms with E-state index in [1.54, 1.807) is 23.6 Å². The number of thiazole rings is 1. The first kappa shape index (κ1) is 25.9. The Kier molecular flexibility index (Phi) is 8.08. The topological polar surface area (TPSA) is 149 Å². The van der Waals surface area contributed by atoms with Gasteiger partial charge in [-0.3, -0.25) is 25.0 Å². The number of aromatic nitrogens is 1. The molecule has 4 rings (SSSR count). The first-order valence-corrected chi connectivity index (χ1v) is 14.1. The zero-order chi connectivity index (χ0) is 25.7. The van der Waals surface area contributed by atoms with Gasteiger partial charge in [0.1, 0.15) is 4.21 Å². The van der Waals surface area contributed by atoms with Crippen LogP contribution in [0.3, 0.4) is 0 Å². The van der Waals surface area contributed by atoms with Gasteiger partial charge in [-0.25, -0.2) is 13.4 Å². The fourth-order valence-electron chi connectivity index (χ4n) is 3.56. The molecule has 1 fully saturated rings. The maximum Gasteiger partial charge on any atom is 0.311 e. The van der Waals surface area contributed by atoms with Gasteiger partial charge in [-0.15, -0.1) is 22.7 Å². The van der Waals surface area contributed by atoms with Crippen molar-refractivity contribution in [1.82, 2.24) is 9.29 Å². The summed E-state index contributed by atoms with van der Waals surface area (Å²) in [5.74, 6) is -1.26. The Labute approximate surface area is 214 Å². The molecule has 36 heavy (non-hydrogen) atoms. The van der Waals surface area contributed by atoms with E-state index in [9.17, 15) is 28.1 Å². The maximum atomic E-state index is 12.7. The van der Waals surface area contributed by atoms with Gasteiger partial charge in [0.15, 0.2) is 11.7 Å². The molecule has 190 valence electrons. The van der Waals surface area contributed by atoms with Crippen molar-refractivity contribution in [1.29, 1.82) is 0 Å². The van der Waals surface area contributed by atoms with Gasteiger partial charge in [-0.05, 0) is 25.0 Å². The number of benzene rings is 1. The Morgan fingerprint density at radius 3 is 2.69 bits per heavy atom. The molecule has 2 aromatic heterocycles. The standard InChI is InChI=1S/C22H22N4O7S3/c27-19(24-22-23-18(14-34-22)15-5-4-6-16(11-15)26(29)30)13-33-20(28)12-17-7-8-21(35-17)36(31,32)25-9-2-1-3-10-25/h4-8,11,14H,1-3,9-10,12-13H2,(H,23,24,27). The van der Waals surface area contributed by atoms with Crippen LogP contribution in [0.15, 0.2) is 46.0 Å². The van der Waals surface area contributed by atoms with Crippen molar-refractivity contribution >= 4 is 55.4 Å². The maximum absolute atomic E-state index is 12.7. The van der Waals surface area contributed by atoms with Crippen molar-refractivity contribution in [2.24, 2.45) is 0 Å². The summed E-state index contributed by atoms with van der Waals surface area (Å²) >= 11 is 2.15. The number of anilines is 1. The smallest absolute Gasteiger partial charge is 0.311 e. The molecule has 1 aliphatic heterocycles. The number of rotatable bonds is 9. The summed E-state index contributed by atoms with van der Waals surface area (Å²) in [6.07, 6.45) is 2.54. The summed E-state index contributed by atoms with van der Waals surface area (Å²) in [5, 5.41) is 15.4. The molecule has 1 aromatic carbocycles. The molecule has 14 heteroatoms. The molecule has 3 heterocycles. The molecule has 0 atom stereocenters. The highest BCUT2D eigenvalue weighted by molar-refractivity contribution is 7.91. The number of nitrogens with zero attached hydrogens (tertiary/aromatic N) is 3. The third-order valence-corrected chi connectivity index (χ3v) is 9.54. The normalized spacial score (nSPS) is 14.3. The van der Waals surface area contributed by atoms with E-state index in [0.29, 0.717) is 29.2 Å². The Bertz CT molecular complexity index is 1380. The third-order valence-electron chi connectivity index (χ3n) is 5.33. The van der Waals surface area contributed by atoms with Crippen LogP contribution in [0.25, 0.3) is 11.3 Å². The minimum absolute atomic E-state index is 0.0695. The molecule has 1 aliphatic rings. The van der Waals surface area contributed by atoms with Gasteiger partial charge in [-0.1, -0.05) is 18.6 Å². The number of esters is 1. The van der Waals surface area contributed by atoms with Crippen LogP contribution >= 0.6 is 22.7 Å². The van der Waals surface area contributed by atoms with E-state index in [-0.39, 0.29) is 21.4 Å². The van der Waals surface area contributed by atoms with Gasteiger partial charge in [-0.2, -0.15) is 4.31 Å². The van der Waals surface area contributed by atoms with Crippen LogP contribution in [0.1, 0.15) is 24.1 Å². The Morgan fingerprint density at radius 1 is 1.17 bits per heavy atom. The minimum atomic E-state index is -3.57. The zero-order valence-corrected chi connectivity index (χ0v) is 21.4. The molecule has 1 saturated heterocycles. The van der Waals surface area contributed by atoms with E-state index in [2.05, 4.69) is 10.3 Å². The van der Waals surface area contributed by atoms with Crippen LogP contribution in [0.4, 0.5) is 10.8 Å². The molecule has 11 nitrogen and oxygen atoms in total. The number of amides is 1. The van der Waals surface area contributed by atoms with Crippen molar-refractivity contribution in [3.05, 3.63) is 56.8 Å². The molecule has 1 amide bonds. The molecule has 0 aliphatic carbocycles. The second-order valence-corrected chi connectivity index (χ2v) is 12.1. The van der Waals surface area contributed by atoms with E-state index in [4.69, 9.17) is 4.74 Å². The van der Waals surface area contributed by atoms with Crippen molar-refractivity contribution in [3.63, 3.8) is 0 Å². The third kappa shape index (κ3) is 6.32. The van der Waals surface area contributed by atoms with Crippen molar-refractivity contribution in [2.75, 3.05) is 25.0 Å². The molecule has 0 bridgehead atoms. The van der Waals surface area contributed by atoms with Crippen LogP contribution in [0.2, 0.25) is 0 Å². The molecule has 1 N–H and O–H groups in total. The fraction of sp³-hybridized carbons (Fsp3) is 0.318. The van der Waals surface area contributed by atoms with Crippen molar-refractivity contribution in [2.45, 2.75) is 29.9 Å². The average molecular weight is 551 g/mol. The largest absolute Gasteiger partial charge is 0.455 e. The summed E-state index contributed by atoms with van der Waals surface area (Å²) in [6, 6.07) is 9.04. The van der Waals surface area contributed by atoms with Gasteiger partial charge in [0.2, 0.25) is 0 Å². The number of carbonyl (C=O) groups excluding carboxylic acids is 2. The fourth-order valence-corrected chi connectivity index (χ4v) is 7.31. The monoisotopic (exact) mass is 550 g/mol. The molecule has 0 saturated carbocycles. The van der Waals surface area contributed by atoms with Crippen LogP contribution in [0.5, 0.6) is 0 Å². The van der Waals surface area contributed by atoms with E-state index in [1.165, 1.54) is 22.5 Å². The Hall–Kier alpha value is -3.20. The average Bonchev–Trinajstić information content (AvgIpc) is 3.54. The lowest BCUT2D eigenvalue weighted by molar-refractivity contribution is -0.384. The number of non-ortho nitro benzene ring substituents is 1. The number of nitro groups is 1. The number of carbonyl (C=O) groups is 2. The predicted molar refractivity (Wildman–Crippen MR) is 134 cm³/mol. The Balaban J connectivity index is 1.27. The van der Waals surface area contributed by atoms with E-state index < -0.39 is 33.4 Å². The molecule has 3 aromatic rings. The van der Waals surface area contributed by atoms with Gasteiger partial charge in [0, 0.05) is 41.0 Å². The van der Waals surface area contributed by atoms with Gasteiger partial charge >= 0.3 is 5.97 Å². The summed E-state index contributed by atoms with van der Waals surface area (Å²) in [6.45, 7) is 0.464. The summed E-state index contributed by atoms with van der Waals surface area (Å²) < 4.78 is 32.2. The van der Waals surface area contributed by atoms with Crippen LogP contribution in [0, 0.1) is 10.1 Å². The lowest BCUT2D eigenvalue weighted by atomic mass is 10.1. The number of hydrogen-bond donors (Lipinski definition) is 1. The number of sulfonamides is 1. The van der Waals surface area contributed by atoms with E-state index >= 15 is 0 Å². The number of nitro benzene ring substituents is 1. The van der Waals surface area contributed by atoms with Gasteiger partial charge in [0.25, 0.3) is 21.6 Å². The van der Waals surface area contributed by atoms with Gasteiger partial charge in [0.05, 0.1) is 17.0 Å². The first-order valence-electron chi connectivity index (χ1n) is 11.0. The minimum Gasteiger partial charge on any atom is -0.455 e. The predicted octanol–water partition coefficient (Wildman–Crippen LogP) is 3.68. The lowest BCUT2D eigenvalue weighted by Crippen LogP contribution is -2.35. The van der Waals surface area contributed by atoms with Crippen molar-refractivity contribution in [3.8, 4) is 11.3 Å². The second-order valence-electron chi connectivity index (χ2n) is 7.92. The number of piperidine rings is 1. The van der Waals surface area contributed by atoms with Crippen molar-refractivity contribution < 1.29 is 27.7 Å². The molecule has 0 unspecified atom stereocenters. The quantitative estimate of drug-likeness (QED) is 0.241. The number of thiophene rings is 1. The molecular formula is C22H22N4O7S3. The summed E-state index contributed by atoms with van der Waals surface area (Å²) in [5.41, 5.74) is 0.925. The summed E-state index contributed by atoms with van der Waals surface area (Å²) in [4.78, 5) is 39.6. The molecule has 0 spiro atoms. The number of hydrogen-bond acceptors (Lipinski definition) is 10. The highest BCUT2D eigenvalue weighted by atomic mass is 32.2. The summed E-state index contributed by atoms with van der Waals surface area (Å²) in [7, 11) is -3.57. The van der Waals surface area contributed by atoms with E-state index in [1.807, 2.05) is 0 Å². The lowest BCUT2D eigenvalue weighted by Gasteiger charge is -2.25. The van der Waals surface area contributed by atoms with E-state index in [0.717, 1.165) is 41.9 Å². The van der Waals surface area contributed by atoms with Crippen LogP contribution in [-0.2, 0) is 30.8 Å². The Morgan fingerprint density at radius 2 is 1.94 bits per heavy atom. The number of ether oxygens (including phenoxy) is 1. The second kappa shape index (κ2) is 11.2.